The molecule has 2 heteroatoms. The molecule has 6 aliphatic carbocycles. The van der Waals surface area contributed by atoms with E-state index in [1.807, 2.05) is 0 Å². The summed E-state index contributed by atoms with van der Waals surface area (Å²) >= 11 is 0. The highest BCUT2D eigenvalue weighted by Crippen LogP contribution is 2.62. The Kier molecular flexibility index (Phi) is 13.4. The van der Waals surface area contributed by atoms with Gasteiger partial charge in [-0.25, -0.2) is 0 Å². The van der Waals surface area contributed by atoms with E-state index in [0.29, 0.717) is 0 Å². The van der Waals surface area contributed by atoms with Crippen LogP contribution in [-0.4, -0.2) is 0 Å². The summed E-state index contributed by atoms with van der Waals surface area (Å²) in [5, 5.41) is 10.6. The van der Waals surface area contributed by atoms with Crippen molar-refractivity contribution in [1.29, 1.82) is 0 Å². The molecule has 0 fully saturated rings. The van der Waals surface area contributed by atoms with E-state index in [9.17, 15) is 0 Å². The number of anilines is 6. The lowest BCUT2D eigenvalue weighted by atomic mass is 9.79. The second-order valence-corrected chi connectivity index (χ2v) is 34.7. The fourth-order valence-electron chi connectivity index (χ4n) is 21.0. The van der Waals surface area contributed by atoms with Crippen molar-refractivity contribution < 1.29 is 0 Å². The molecule has 16 aromatic carbocycles. The zero-order valence-electron chi connectivity index (χ0n) is 63.8. The Morgan fingerprint density at radius 1 is 0.157 bits per heavy atom. The van der Waals surface area contributed by atoms with Gasteiger partial charge in [0.15, 0.2) is 0 Å². The van der Waals surface area contributed by atoms with Crippen molar-refractivity contribution in [1.82, 2.24) is 0 Å². The molecule has 0 bridgehead atoms. The molecule has 6 aliphatic rings. The van der Waals surface area contributed by atoms with Crippen LogP contribution < -0.4 is 9.80 Å². The van der Waals surface area contributed by atoms with Crippen molar-refractivity contribution in [3.63, 3.8) is 0 Å². The molecule has 0 heterocycles. The standard InChI is InChI=1S/C62H51N.C44H35N/c1-59(2)49-28-22-36-16-12-14-20-41(36)57(49)47-34-53-45(32-55(47)59)43-26-24-39(30-51(43)61(53,5)6)63(38-18-10-9-11-19-38)40-25-27-44-46-33-56-48(35-54(46)62(7,8)52(44)31-40)58-42-21-15-13-17-37(42)23-29-50(58)60(56,3)4;1-43(2)37-24-18-28-12-8-10-16-33(28)41(37)35-22-20-31(26-39(35)43)45(30-14-6-5-7-15-30)32-21-23-36-40(27-32)44(3,4)38-25-19-29-13-9-11-17-34(29)42(36)38/h9-35H,1-8H3;5-27H,1-4H3. The van der Waals surface area contributed by atoms with E-state index in [2.05, 4.69) is 396 Å². The summed E-state index contributed by atoms with van der Waals surface area (Å²) in [5.41, 5.74) is 39.7. The topological polar surface area (TPSA) is 6.48 Å². The third kappa shape index (κ3) is 8.83. The predicted molar refractivity (Wildman–Crippen MR) is 458 cm³/mol. The van der Waals surface area contributed by atoms with Crippen LogP contribution in [0, 0.1) is 0 Å². The SMILES string of the molecule is CC1(C)c2cc(N(c3ccccc3)c3ccc4c(c3)C(C)(C)c3cc5c(cc3-4)C(C)(C)c3ccc4ccccc4c3-5)ccc2-c2cc3c(cc21)-c1c(ccc2ccccc12)C3(C)C.CC1(C)c2cc(N(c3ccccc3)c3ccc4c(c3)C(C)(C)c3ccc5ccccc5c3-4)ccc2-c2c1ccc1ccccc21. The van der Waals surface area contributed by atoms with Gasteiger partial charge in [-0.1, -0.05) is 289 Å². The Morgan fingerprint density at radius 2 is 0.380 bits per heavy atom. The Morgan fingerprint density at radius 3 is 0.685 bits per heavy atom. The molecule has 0 amide bonds. The lowest BCUT2D eigenvalue weighted by Crippen LogP contribution is -2.18. The number of hydrogen-bond donors (Lipinski definition) is 0. The van der Waals surface area contributed by atoms with E-state index in [-0.39, 0.29) is 32.5 Å². The summed E-state index contributed by atoms with van der Waals surface area (Å²) in [7, 11) is 0. The maximum absolute atomic E-state index is 2.55. The molecule has 0 aliphatic heterocycles. The monoisotopic (exact) mass is 1390 g/mol. The first kappa shape index (κ1) is 64.5. The van der Waals surface area contributed by atoms with Gasteiger partial charge >= 0.3 is 0 Å². The average molecular weight is 1390 g/mol. The molecule has 2 nitrogen and oxygen atoms in total. The highest BCUT2D eigenvalue weighted by Gasteiger charge is 2.46. The average Bonchev–Trinajstić information content (AvgIpc) is 1.54. The van der Waals surface area contributed by atoms with Crippen LogP contribution in [-0.2, 0) is 32.5 Å². The van der Waals surface area contributed by atoms with Gasteiger partial charge in [0.05, 0.1) is 0 Å². The highest BCUT2D eigenvalue weighted by atomic mass is 15.1. The molecular weight excluding hydrogens is 1300 g/mol. The summed E-state index contributed by atoms with van der Waals surface area (Å²) in [6.45, 7) is 28.9. The molecule has 16 aromatic rings. The maximum atomic E-state index is 2.55. The first-order valence-corrected chi connectivity index (χ1v) is 38.9. The van der Waals surface area contributed by atoms with Gasteiger partial charge in [-0.05, 0) is 274 Å². The molecule has 520 valence electrons. The first-order chi connectivity index (χ1) is 52.1. The van der Waals surface area contributed by atoms with Crippen LogP contribution >= 0.6 is 0 Å². The van der Waals surface area contributed by atoms with Gasteiger partial charge in [-0.3, -0.25) is 0 Å². The smallest absolute Gasteiger partial charge is 0.0465 e. The zero-order valence-corrected chi connectivity index (χ0v) is 63.8. The normalized spacial score (nSPS) is 16.0. The van der Waals surface area contributed by atoms with Crippen LogP contribution in [0.25, 0.3) is 110 Å². The first-order valence-electron chi connectivity index (χ1n) is 38.9. The molecule has 0 unspecified atom stereocenters. The number of para-hydroxylation sites is 2. The van der Waals surface area contributed by atoms with Crippen molar-refractivity contribution in [3.8, 4) is 66.8 Å². The Hall–Kier alpha value is -11.8. The van der Waals surface area contributed by atoms with Crippen LogP contribution in [0.15, 0.2) is 303 Å². The zero-order chi connectivity index (χ0) is 73.4. The predicted octanol–water partition coefficient (Wildman–Crippen LogP) is 28.8. The summed E-state index contributed by atoms with van der Waals surface area (Å²) in [5.74, 6) is 0. The second kappa shape index (κ2) is 22.4. The van der Waals surface area contributed by atoms with Crippen LogP contribution in [0.3, 0.4) is 0 Å². The number of nitrogens with zero attached hydrogens (tertiary/aromatic N) is 2. The van der Waals surface area contributed by atoms with E-state index in [4.69, 9.17) is 0 Å². The van der Waals surface area contributed by atoms with Gasteiger partial charge in [0, 0.05) is 66.6 Å². The number of rotatable bonds is 6. The number of fused-ring (bicyclic) bond motifs is 26. The fraction of sp³-hybridized carbons (Fsp3) is 0.170. The van der Waals surface area contributed by atoms with E-state index in [1.165, 1.54) is 199 Å². The molecule has 0 aromatic heterocycles. The van der Waals surface area contributed by atoms with Gasteiger partial charge in [0.25, 0.3) is 0 Å². The summed E-state index contributed by atoms with van der Waals surface area (Å²) < 4.78 is 0. The molecule has 108 heavy (non-hydrogen) atoms. The van der Waals surface area contributed by atoms with Gasteiger partial charge < -0.3 is 9.80 Å². The van der Waals surface area contributed by atoms with Crippen molar-refractivity contribution in [2.24, 2.45) is 0 Å². The minimum absolute atomic E-state index is 0.0865. The molecular formula is C106H86N2. The van der Waals surface area contributed by atoms with E-state index in [0.717, 1.165) is 11.4 Å². The molecule has 0 saturated carbocycles. The van der Waals surface area contributed by atoms with Crippen LogP contribution in [0.4, 0.5) is 34.1 Å². The van der Waals surface area contributed by atoms with Gasteiger partial charge in [-0.15, -0.1) is 0 Å². The Balaban J connectivity index is 0.000000146. The molecule has 0 N–H and O–H groups in total. The third-order valence-corrected chi connectivity index (χ3v) is 26.8. The highest BCUT2D eigenvalue weighted by molar-refractivity contribution is 6.08. The summed E-state index contributed by atoms with van der Waals surface area (Å²) in [4.78, 5) is 4.92. The van der Waals surface area contributed by atoms with Crippen LogP contribution in [0.5, 0.6) is 0 Å². The molecule has 0 atom stereocenters. The lowest BCUT2D eigenvalue weighted by Gasteiger charge is -2.29. The fourth-order valence-corrected chi connectivity index (χ4v) is 21.0. The third-order valence-electron chi connectivity index (χ3n) is 26.8. The second-order valence-electron chi connectivity index (χ2n) is 34.7. The summed E-state index contributed by atoms with van der Waals surface area (Å²) in [6.07, 6.45) is 0. The van der Waals surface area contributed by atoms with Gasteiger partial charge in [0.1, 0.15) is 0 Å². The maximum Gasteiger partial charge on any atom is 0.0465 e. The van der Waals surface area contributed by atoms with Crippen LogP contribution in [0.2, 0.25) is 0 Å². The number of hydrogen-bond acceptors (Lipinski definition) is 2. The van der Waals surface area contributed by atoms with Crippen molar-refractivity contribution >= 4 is 77.2 Å². The quantitative estimate of drug-likeness (QED) is 0.164. The van der Waals surface area contributed by atoms with Crippen molar-refractivity contribution in [2.75, 3.05) is 9.80 Å². The van der Waals surface area contributed by atoms with E-state index >= 15 is 0 Å². The Labute approximate surface area is 635 Å². The molecule has 0 spiro atoms. The minimum Gasteiger partial charge on any atom is -0.310 e. The Bertz CT molecular complexity index is 6250. The molecule has 22 rings (SSSR count). The van der Waals surface area contributed by atoms with Crippen LogP contribution in [0.1, 0.15) is 150 Å². The van der Waals surface area contributed by atoms with Gasteiger partial charge in [-0.2, -0.15) is 0 Å². The number of benzene rings is 16. The largest absolute Gasteiger partial charge is 0.310 e. The molecule has 0 radical (unpaired) electrons. The van der Waals surface area contributed by atoms with Gasteiger partial charge in [0.2, 0.25) is 0 Å². The lowest BCUT2D eigenvalue weighted by molar-refractivity contribution is 0.652. The molecule has 0 saturated heterocycles. The van der Waals surface area contributed by atoms with Crippen molar-refractivity contribution in [2.45, 2.75) is 116 Å². The van der Waals surface area contributed by atoms with Crippen molar-refractivity contribution in [3.05, 3.63) is 370 Å². The van der Waals surface area contributed by atoms with E-state index < -0.39 is 0 Å². The summed E-state index contributed by atoms with van der Waals surface area (Å²) in [6, 6.07) is 115. The minimum atomic E-state index is -0.185. The van der Waals surface area contributed by atoms with E-state index in [1.54, 1.807) is 0 Å².